The number of hydrogen-bond acceptors (Lipinski definition) is 17. The Labute approximate surface area is 851 Å². The van der Waals surface area contributed by atoms with Crippen molar-refractivity contribution in [2.24, 2.45) is 11.7 Å². The summed E-state index contributed by atoms with van der Waals surface area (Å²) in [7, 11) is 1.72. The number of anilines is 6. The summed E-state index contributed by atoms with van der Waals surface area (Å²) in [5.41, 5.74) is 25.9. The predicted octanol–water partition coefficient (Wildman–Crippen LogP) is 22.8. The molecule has 0 spiro atoms. The van der Waals surface area contributed by atoms with Crippen LogP contribution in [0.15, 0.2) is 303 Å². The van der Waals surface area contributed by atoms with Crippen LogP contribution in [-0.2, 0) is 26.2 Å². The second-order valence-corrected chi connectivity index (χ2v) is 40.5. The monoisotopic (exact) mass is 1950 g/mol. The average Bonchev–Trinajstić information content (AvgIpc) is 1.43. The Morgan fingerprint density at radius 2 is 0.806 bits per heavy atom. The second-order valence-electron chi connectivity index (χ2n) is 39.5. The van der Waals surface area contributed by atoms with E-state index in [4.69, 9.17) is 15.7 Å². The average molecular weight is 1950 g/mol. The number of carbonyl (C=O) groups is 1. The van der Waals surface area contributed by atoms with Gasteiger partial charge in [0, 0.05) is 193 Å². The second kappa shape index (κ2) is 50.0. The minimum absolute atomic E-state index is 0.126. The SMILES string of the molecule is CC(C)CN(c1ccc2[nH]ccc2c1)C1CCNCC1.CC(c1ccccc1)N(c1ccc2[nH]ccc2c1)C1CCNCC1.COc1cccc(CN(c2ccc3[nH]ncc3c2)C2CCNCC2)c1.Fc1ccccc1CN(c1ccc2[nH]ccc2c1)C1CCNCC1.N#Cc1ccc(CN(c2ccc3[nH]ccc3c2)C2CCNCC2)cc1.NC(=O)c1cccc(CN(c2ccc3sccc3c2)C2CCNCC2)c1. The summed E-state index contributed by atoms with van der Waals surface area (Å²) >= 11 is 1.77. The van der Waals surface area contributed by atoms with Crippen molar-refractivity contribution in [2.45, 2.75) is 166 Å². The van der Waals surface area contributed by atoms with Gasteiger partial charge in [-0.15, -0.1) is 11.3 Å². The lowest BCUT2D eigenvalue weighted by molar-refractivity contribution is 0.1000. The van der Waals surface area contributed by atoms with Gasteiger partial charge in [0.2, 0.25) is 5.91 Å². The van der Waals surface area contributed by atoms with Crippen LogP contribution in [0, 0.1) is 23.1 Å². The maximum atomic E-state index is 14.2. The van der Waals surface area contributed by atoms with Gasteiger partial charge in [0.25, 0.3) is 0 Å². The summed E-state index contributed by atoms with van der Waals surface area (Å²) < 4.78 is 20.9. The lowest BCUT2D eigenvalue weighted by atomic mass is 9.98. The molecule has 0 bridgehead atoms. The molecule has 6 aliphatic rings. The summed E-state index contributed by atoms with van der Waals surface area (Å²) in [6.45, 7) is 24.1. The number of piperidine rings is 6. The Morgan fingerprint density at radius 3 is 1.28 bits per heavy atom. The van der Waals surface area contributed by atoms with Crippen molar-refractivity contribution in [1.82, 2.24) is 62.0 Å². The van der Waals surface area contributed by atoms with Crippen LogP contribution in [0.1, 0.15) is 148 Å². The largest absolute Gasteiger partial charge is 0.497 e. The molecule has 144 heavy (non-hydrogen) atoms. The van der Waals surface area contributed by atoms with Gasteiger partial charge in [0.05, 0.1) is 36.5 Å². The Balaban J connectivity index is 0.000000114. The van der Waals surface area contributed by atoms with Gasteiger partial charge in [0.15, 0.2) is 0 Å². The van der Waals surface area contributed by atoms with Crippen molar-refractivity contribution < 1.29 is 13.9 Å². The van der Waals surface area contributed by atoms with E-state index in [1.165, 1.54) is 119 Å². The topological polar surface area (TPSA) is 260 Å². The zero-order valence-electron chi connectivity index (χ0n) is 83.8. The van der Waals surface area contributed by atoms with Crippen molar-refractivity contribution >= 4 is 116 Å². The van der Waals surface area contributed by atoms with Gasteiger partial charge in [-0.1, -0.05) is 98.8 Å². The lowest BCUT2D eigenvalue weighted by Crippen LogP contribution is -2.44. The fraction of sp³-hybridized carbons (Fsp3) is 0.342. The molecule has 0 saturated carbocycles. The molecule has 6 saturated heterocycles. The molecule has 1 atom stereocenters. The molecular formula is C120H141FN20O2S. The number of benzene rings is 11. The first-order valence-corrected chi connectivity index (χ1v) is 53.0. The van der Waals surface area contributed by atoms with Crippen molar-refractivity contribution in [3.05, 3.63) is 348 Å². The number of nitrogens with two attached hydrogens (primary N) is 1. The van der Waals surface area contributed by atoms with Crippen LogP contribution in [0.5, 0.6) is 5.75 Å². The molecule has 0 radical (unpaired) electrons. The number of aromatic nitrogens is 6. The van der Waals surface area contributed by atoms with E-state index in [0.29, 0.717) is 65.9 Å². The summed E-state index contributed by atoms with van der Waals surface area (Å²) in [4.78, 5) is 39.8. The summed E-state index contributed by atoms with van der Waals surface area (Å²) in [6.07, 6.45) is 23.8. The number of nitrogens with zero attached hydrogens (tertiary/aromatic N) is 8. The number of rotatable bonds is 26. The molecule has 6 aromatic heterocycles. The van der Waals surface area contributed by atoms with E-state index in [9.17, 15) is 9.18 Å². The molecule has 6 fully saturated rings. The van der Waals surface area contributed by atoms with E-state index in [1.807, 2.05) is 73.4 Å². The number of thiophene rings is 1. The van der Waals surface area contributed by atoms with Gasteiger partial charge in [-0.3, -0.25) is 9.89 Å². The summed E-state index contributed by atoms with van der Waals surface area (Å²) in [6, 6.07) is 98.5. The number of fused-ring (bicyclic) bond motifs is 6. The van der Waals surface area contributed by atoms with Crippen LogP contribution in [0.25, 0.3) is 64.6 Å². The maximum Gasteiger partial charge on any atom is 0.248 e. The Morgan fingerprint density at radius 1 is 0.403 bits per heavy atom. The number of nitrogens with one attached hydrogen (secondary N) is 11. The number of carbonyl (C=O) groups excluding carboxylic acids is 1. The van der Waals surface area contributed by atoms with Crippen LogP contribution in [-0.4, -0.2) is 164 Å². The van der Waals surface area contributed by atoms with Crippen LogP contribution >= 0.6 is 11.3 Å². The smallest absolute Gasteiger partial charge is 0.248 e. The first-order valence-electron chi connectivity index (χ1n) is 52.1. The van der Waals surface area contributed by atoms with Crippen LogP contribution in [0.2, 0.25) is 0 Å². The third-order valence-corrected chi connectivity index (χ3v) is 30.4. The third-order valence-electron chi connectivity index (χ3n) is 29.5. The fourth-order valence-electron chi connectivity index (χ4n) is 21.7. The molecule has 746 valence electrons. The highest BCUT2D eigenvalue weighted by molar-refractivity contribution is 7.17. The number of aromatic amines is 5. The third kappa shape index (κ3) is 26.3. The standard InChI is InChI=1S/C21H22N4.C21H23N3OS.C21H25N3.C20H22FN3.C20H24N4O.C17H25N3/c22-14-16-1-3-17(4-2-16)15-25(19-8-10-23-11-9-19)20-5-6-21-18(13-20)7-12-24-21;22-21(25)17-3-1-2-15(12-17)14-24(18-6-9-23-10-7-18)19-4-5-20-16(13-19)8-11-26-20;1-16(17-5-3-2-4-6-17)24(19-10-12-22-13-11-19)20-7-8-21-18(15-20)9-14-23-21;21-19-4-2-1-3-16(19)14-24(17-8-10-22-11-9-17)18-5-6-20-15(13-18)7-12-23-20;1-25-19-4-2-3-15(11-19)14-24(17-7-9-21-10-8-17)18-5-6-20-16(12-18)13-22-23-20;1-13(2)12-20(15-6-8-18-9-7-15)16-3-4-17-14(11-16)5-10-19-17/h1-7,12-13,19,23-24H,8-11,15H2;1-5,8,11-13,18,23H,6-7,9-10,14H2,(H2,22,25);2-9,14-16,19,22-23H,10-13H2,1H3;1-7,12-13,17,22-23H,8-11,14H2;2-6,11-13,17,21H,7-10,14H2,1H3,(H,22,23);3-5,10-11,13,15,18-19H,6-9,12H2,1-2H3. The first-order chi connectivity index (χ1) is 70.7. The summed E-state index contributed by atoms with van der Waals surface area (Å²) in [5, 5.41) is 46.6. The highest BCUT2D eigenvalue weighted by atomic mass is 32.1. The molecule has 17 aromatic rings. The van der Waals surface area contributed by atoms with Gasteiger partial charge in [0.1, 0.15) is 11.6 Å². The Bertz CT molecular complexity index is 6920. The van der Waals surface area contributed by atoms with Crippen molar-refractivity contribution in [3.8, 4) is 11.8 Å². The normalized spacial score (nSPS) is 15.9. The Kier molecular flexibility index (Phi) is 34.8. The zero-order chi connectivity index (χ0) is 98.7. The molecule has 12 heterocycles. The highest BCUT2D eigenvalue weighted by Gasteiger charge is 2.31. The van der Waals surface area contributed by atoms with Crippen molar-refractivity contribution in [1.29, 1.82) is 5.26 Å². The fourth-order valence-corrected chi connectivity index (χ4v) is 22.5. The van der Waals surface area contributed by atoms with E-state index < -0.39 is 0 Å². The van der Waals surface area contributed by atoms with Gasteiger partial charge in [-0.2, -0.15) is 10.4 Å². The number of nitriles is 1. The number of methoxy groups -OCH3 is 1. The van der Waals surface area contributed by atoms with Gasteiger partial charge >= 0.3 is 0 Å². The van der Waals surface area contributed by atoms with Gasteiger partial charge in [-0.05, 0) is 383 Å². The number of hydrogen-bond donors (Lipinski definition) is 12. The number of amides is 1. The number of ether oxygens (including phenoxy) is 1. The molecule has 13 N–H and O–H groups in total. The minimum atomic E-state index is -0.375. The Hall–Kier alpha value is -13.7. The number of primary amides is 1. The van der Waals surface area contributed by atoms with E-state index in [2.05, 4.69) is 330 Å². The molecule has 1 amide bonds. The van der Waals surface area contributed by atoms with E-state index in [1.54, 1.807) is 36.6 Å². The molecule has 6 aliphatic heterocycles. The van der Waals surface area contributed by atoms with Crippen molar-refractivity contribution in [3.63, 3.8) is 0 Å². The molecule has 0 aliphatic carbocycles. The molecular weight excluding hydrogens is 1800 g/mol. The summed E-state index contributed by atoms with van der Waals surface area (Å²) in [5.74, 6) is 1.10. The molecule has 23 rings (SSSR count). The first kappa shape index (κ1) is 100. The quantitative estimate of drug-likeness (QED) is 0.0241. The van der Waals surface area contributed by atoms with E-state index >= 15 is 0 Å². The molecule has 11 aromatic carbocycles. The molecule has 1 unspecified atom stereocenters. The van der Waals surface area contributed by atoms with Crippen molar-refractivity contribution in [2.75, 3.05) is 122 Å². The van der Waals surface area contributed by atoms with Crippen LogP contribution < -0.4 is 71.8 Å². The predicted molar refractivity (Wildman–Crippen MR) is 596 cm³/mol. The maximum absolute atomic E-state index is 14.2. The molecule has 24 heteroatoms. The number of halogens is 1. The van der Waals surface area contributed by atoms with E-state index in [0.717, 1.165) is 195 Å². The zero-order valence-corrected chi connectivity index (χ0v) is 84.6. The van der Waals surface area contributed by atoms with E-state index in [-0.39, 0.29) is 11.7 Å². The van der Waals surface area contributed by atoms with Gasteiger partial charge in [-0.25, -0.2) is 4.39 Å². The number of H-pyrrole nitrogens is 5. The molecule has 22 nitrogen and oxygen atoms in total. The lowest BCUT2D eigenvalue weighted by Gasteiger charge is -2.41. The van der Waals surface area contributed by atoms with Crippen LogP contribution in [0.3, 0.4) is 0 Å². The highest BCUT2D eigenvalue weighted by Crippen LogP contribution is 2.39. The van der Waals surface area contributed by atoms with Gasteiger partial charge < -0.3 is 91.7 Å². The minimum Gasteiger partial charge on any atom is -0.497 e. The van der Waals surface area contributed by atoms with Crippen LogP contribution in [0.4, 0.5) is 38.5 Å².